The first kappa shape index (κ1) is 28.7. The summed E-state index contributed by atoms with van der Waals surface area (Å²) in [5.74, 6) is -1.36. The molecule has 184 valence electrons. The Morgan fingerprint density at radius 3 is 2.00 bits per heavy atom. The van der Waals surface area contributed by atoms with Crippen LogP contribution in [0.4, 0.5) is 30.7 Å². The van der Waals surface area contributed by atoms with Crippen molar-refractivity contribution in [1.29, 1.82) is 0 Å². The average molecular weight is 503 g/mol. The summed E-state index contributed by atoms with van der Waals surface area (Å²) in [6, 6.07) is 6.49. The van der Waals surface area contributed by atoms with Crippen LogP contribution in [0.1, 0.15) is 34.6 Å². The van der Waals surface area contributed by atoms with Gasteiger partial charge in [-0.2, -0.15) is 26.3 Å². The number of nitrogens with one attached hydrogen (secondary N) is 1. The third-order valence-corrected chi connectivity index (χ3v) is 4.49. The highest BCUT2D eigenvalue weighted by Gasteiger charge is 2.36. The lowest BCUT2D eigenvalue weighted by Gasteiger charge is -2.19. The first-order chi connectivity index (χ1) is 14.9. The van der Waals surface area contributed by atoms with E-state index < -0.39 is 41.8 Å². The summed E-state index contributed by atoms with van der Waals surface area (Å²) >= 11 is 0. The van der Waals surface area contributed by atoms with E-state index in [2.05, 4.69) is 5.32 Å². The molecule has 33 heavy (non-hydrogen) atoms. The highest BCUT2D eigenvalue weighted by Crippen LogP contribution is 2.36. The monoisotopic (exact) mass is 502 g/mol. The normalized spacial score (nSPS) is 12.7. The van der Waals surface area contributed by atoms with Crippen LogP contribution < -0.4 is 11.1 Å². The smallest absolute Gasteiger partial charge is 0.376 e. The second-order valence-electron chi connectivity index (χ2n) is 7.02. The maximum Gasteiger partial charge on any atom is 0.416 e. The molecule has 0 radical (unpaired) electrons. The van der Waals surface area contributed by atoms with E-state index in [9.17, 15) is 35.5 Å². The zero-order chi connectivity index (χ0) is 23.9. The number of benzene rings is 2. The predicted molar refractivity (Wildman–Crippen MR) is 109 cm³/mol. The minimum absolute atomic E-state index is 0. The van der Waals surface area contributed by atoms with Crippen LogP contribution in [0.5, 0.6) is 0 Å². The molecule has 1 atom stereocenters. The number of hydrogen-bond donors (Lipinski definition) is 2. The molecule has 0 aromatic heterocycles. The fourth-order valence-electron chi connectivity index (χ4n) is 2.89. The Labute approximate surface area is 191 Å². The number of carbonyl (C=O) groups is 1. The van der Waals surface area contributed by atoms with Crippen LogP contribution in [0, 0.1) is 5.82 Å². The van der Waals surface area contributed by atoms with Gasteiger partial charge in [0.25, 0.3) is 0 Å². The maximum atomic E-state index is 13.2. The Bertz CT molecular complexity index is 871. The molecule has 2 rings (SSSR count). The summed E-state index contributed by atoms with van der Waals surface area (Å²) in [6.45, 7) is -0.491. The van der Waals surface area contributed by atoms with Gasteiger partial charge in [-0.1, -0.05) is 12.1 Å². The van der Waals surface area contributed by atoms with Crippen LogP contribution in [0.15, 0.2) is 42.5 Å². The van der Waals surface area contributed by atoms with Crippen LogP contribution in [-0.4, -0.2) is 25.6 Å². The second kappa shape index (κ2) is 12.2. The maximum absolute atomic E-state index is 13.2. The van der Waals surface area contributed by atoms with Crippen molar-refractivity contribution < 1.29 is 40.3 Å². The lowest BCUT2D eigenvalue weighted by atomic mass is 9.99. The van der Waals surface area contributed by atoms with Gasteiger partial charge in [-0.05, 0) is 41.5 Å². The number of nitrogens with two attached hydrogens (primary N) is 1. The van der Waals surface area contributed by atoms with E-state index in [1.807, 2.05) is 0 Å². The minimum Gasteiger partial charge on any atom is -0.376 e. The van der Waals surface area contributed by atoms with E-state index >= 15 is 0 Å². The van der Waals surface area contributed by atoms with Gasteiger partial charge < -0.3 is 15.8 Å². The Morgan fingerprint density at radius 2 is 1.52 bits per heavy atom. The topological polar surface area (TPSA) is 64.4 Å². The van der Waals surface area contributed by atoms with Gasteiger partial charge in [0.05, 0.1) is 24.3 Å². The van der Waals surface area contributed by atoms with Gasteiger partial charge in [0.1, 0.15) is 5.82 Å². The third-order valence-electron chi connectivity index (χ3n) is 4.49. The number of hydrogen-bond acceptors (Lipinski definition) is 3. The van der Waals surface area contributed by atoms with Crippen LogP contribution in [0.25, 0.3) is 0 Å². The lowest BCUT2D eigenvalue weighted by molar-refractivity contribution is -0.143. The molecule has 0 saturated carbocycles. The van der Waals surface area contributed by atoms with Crippen molar-refractivity contribution in [2.24, 2.45) is 5.73 Å². The largest absolute Gasteiger partial charge is 0.416 e. The number of carbonyl (C=O) groups excluding carboxylic acids is 1. The Kier molecular flexibility index (Phi) is 10.6. The molecule has 3 N–H and O–H groups in total. The molecule has 0 aliphatic rings. The molecule has 0 fully saturated rings. The highest BCUT2D eigenvalue weighted by atomic mass is 35.5. The summed E-state index contributed by atoms with van der Waals surface area (Å²) in [5.41, 5.74) is 2.70. The van der Waals surface area contributed by atoms with Gasteiger partial charge >= 0.3 is 12.4 Å². The summed E-state index contributed by atoms with van der Waals surface area (Å²) in [5, 5.41) is 2.61. The third kappa shape index (κ3) is 9.18. The van der Waals surface area contributed by atoms with Gasteiger partial charge in [0.15, 0.2) is 0 Å². The van der Waals surface area contributed by atoms with Crippen molar-refractivity contribution in [2.75, 3.05) is 19.7 Å². The van der Waals surface area contributed by atoms with Crippen LogP contribution in [0.3, 0.4) is 0 Å². The van der Waals surface area contributed by atoms with Crippen LogP contribution in [0.2, 0.25) is 0 Å². The predicted octanol–water partition coefficient (Wildman–Crippen LogP) is 5.05. The minimum atomic E-state index is -4.96. The number of alkyl halides is 6. The number of ether oxygens (including phenoxy) is 1. The van der Waals surface area contributed by atoms with E-state index in [0.29, 0.717) is 17.7 Å². The molecule has 0 spiro atoms. The molecule has 12 heteroatoms. The highest BCUT2D eigenvalue weighted by molar-refractivity contribution is 5.85. The Hall–Kier alpha value is -2.37. The van der Waals surface area contributed by atoms with Gasteiger partial charge in [-0.15, -0.1) is 12.4 Å². The molecule has 0 heterocycles. The molecule has 1 amide bonds. The molecule has 1 unspecified atom stereocenters. The van der Waals surface area contributed by atoms with E-state index in [-0.39, 0.29) is 56.1 Å². The van der Waals surface area contributed by atoms with E-state index in [1.165, 1.54) is 24.3 Å². The summed E-state index contributed by atoms with van der Waals surface area (Å²) in [4.78, 5) is 11.7. The second-order valence-corrected chi connectivity index (χ2v) is 7.02. The van der Waals surface area contributed by atoms with Crippen molar-refractivity contribution in [2.45, 2.75) is 31.3 Å². The molecule has 0 bridgehead atoms. The average Bonchev–Trinajstić information content (AvgIpc) is 2.70. The van der Waals surface area contributed by atoms with E-state index in [4.69, 9.17) is 10.5 Å². The Morgan fingerprint density at radius 1 is 0.970 bits per heavy atom. The number of halogens is 8. The first-order valence-corrected chi connectivity index (χ1v) is 9.48. The summed E-state index contributed by atoms with van der Waals surface area (Å²) in [6.07, 6.45) is -9.85. The van der Waals surface area contributed by atoms with Gasteiger partial charge in [0, 0.05) is 25.4 Å². The van der Waals surface area contributed by atoms with Crippen molar-refractivity contribution in [3.05, 3.63) is 70.5 Å². The van der Waals surface area contributed by atoms with Crippen molar-refractivity contribution >= 4 is 18.3 Å². The molecule has 2 aromatic rings. The van der Waals surface area contributed by atoms with Crippen LogP contribution in [-0.2, 0) is 28.5 Å². The summed E-state index contributed by atoms with van der Waals surface area (Å²) < 4.78 is 96.5. The zero-order valence-electron chi connectivity index (χ0n) is 17.1. The quantitative estimate of drug-likeness (QED) is 0.472. The van der Waals surface area contributed by atoms with Crippen molar-refractivity contribution in [1.82, 2.24) is 5.32 Å². The fourth-order valence-corrected chi connectivity index (χ4v) is 2.89. The molecule has 0 aliphatic heterocycles. The molecular formula is C21H22ClF7N2O2. The molecule has 0 saturated heterocycles. The first-order valence-electron chi connectivity index (χ1n) is 9.48. The standard InChI is InChI=1S/C21H21F7N2O2.ClH/c22-18-3-1-14(2-4-18)15(10-30-19(31)5-6-29)12-32-11-13-7-16(20(23,24)25)9-17(8-13)21(26,27)28;/h1-4,7-9,15H,5-6,10-12,29H2,(H,30,31);1H. The zero-order valence-corrected chi connectivity index (χ0v) is 17.9. The SMILES string of the molecule is Cl.NCCC(=O)NCC(COCc1cc(C(F)(F)F)cc(C(F)(F)F)c1)c1ccc(F)cc1. The number of rotatable bonds is 9. The lowest BCUT2D eigenvalue weighted by Crippen LogP contribution is -2.31. The Balaban J connectivity index is 0.00000544. The molecule has 4 nitrogen and oxygen atoms in total. The van der Waals surface area contributed by atoms with Gasteiger partial charge in [0.2, 0.25) is 5.91 Å². The summed E-state index contributed by atoms with van der Waals surface area (Å²) in [7, 11) is 0. The molecular weight excluding hydrogens is 481 g/mol. The molecule has 0 aliphatic carbocycles. The van der Waals surface area contributed by atoms with E-state index in [1.54, 1.807) is 0 Å². The number of amides is 1. The molecule has 2 aromatic carbocycles. The van der Waals surface area contributed by atoms with E-state index in [0.717, 1.165) is 0 Å². The van der Waals surface area contributed by atoms with Gasteiger partial charge in [-0.3, -0.25) is 4.79 Å². The van der Waals surface area contributed by atoms with Crippen molar-refractivity contribution in [3.63, 3.8) is 0 Å². The van der Waals surface area contributed by atoms with Crippen LogP contribution >= 0.6 is 12.4 Å². The van der Waals surface area contributed by atoms with Gasteiger partial charge in [-0.25, -0.2) is 4.39 Å². The fraction of sp³-hybridized carbons (Fsp3) is 0.381. The van der Waals surface area contributed by atoms with Crippen molar-refractivity contribution in [3.8, 4) is 0 Å².